The van der Waals surface area contributed by atoms with E-state index in [1.807, 2.05) is 70.2 Å². The van der Waals surface area contributed by atoms with Crippen molar-refractivity contribution < 1.29 is 14.3 Å². The lowest BCUT2D eigenvalue weighted by Crippen LogP contribution is -2.38. The third-order valence-corrected chi connectivity index (χ3v) is 6.14. The molecular weight excluding hydrogens is 400 g/mol. The van der Waals surface area contributed by atoms with Gasteiger partial charge < -0.3 is 9.64 Å². The van der Waals surface area contributed by atoms with E-state index in [4.69, 9.17) is 4.74 Å². The van der Waals surface area contributed by atoms with Crippen molar-refractivity contribution >= 4 is 23.1 Å². The summed E-state index contributed by atoms with van der Waals surface area (Å²) in [5, 5.41) is 0. The summed E-state index contributed by atoms with van der Waals surface area (Å²) in [6.45, 7) is 11.7. The van der Waals surface area contributed by atoms with Gasteiger partial charge in [0.25, 0.3) is 11.8 Å². The average molecular weight is 433 g/mol. The summed E-state index contributed by atoms with van der Waals surface area (Å²) in [6, 6.07) is 13.4. The lowest BCUT2D eigenvalue weighted by atomic mass is 9.97. The van der Waals surface area contributed by atoms with E-state index in [9.17, 15) is 9.59 Å². The second-order valence-corrected chi connectivity index (χ2v) is 9.38. The molecule has 0 atom stereocenters. The molecule has 5 nitrogen and oxygen atoms in total. The number of carbonyl (C=O) groups is 2. The van der Waals surface area contributed by atoms with Crippen molar-refractivity contribution in [3.05, 3.63) is 64.9 Å². The summed E-state index contributed by atoms with van der Waals surface area (Å²) in [7, 11) is 0. The Bertz CT molecular complexity index is 1040. The van der Waals surface area contributed by atoms with Gasteiger partial charge in [-0.2, -0.15) is 0 Å². The number of benzene rings is 2. The zero-order chi connectivity index (χ0) is 23.0. The molecule has 2 aliphatic heterocycles. The van der Waals surface area contributed by atoms with Gasteiger partial charge in [0.1, 0.15) is 11.4 Å². The smallest absolute Gasteiger partial charge is 0.282 e. The monoisotopic (exact) mass is 432 g/mol. The third kappa shape index (κ3) is 4.29. The van der Waals surface area contributed by atoms with Gasteiger partial charge >= 0.3 is 0 Å². The van der Waals surface area contributed by atoms with E-state index in [2.05, 4.69) is 11.8 Å². The fourth-order valence-corrected chi connectivity index (χ4v) is 4.59. The second kappa shape index (κ2) is 8.81. The quantitative estimate of drug-likeness (QED) is 0.617. The SMILES string of the molecule is Cc1cc(C)cc(N2C(=O)C(c3ccc(OC(C)C)cc3)=C(N3CCC(C)CC3)C2=O)c1. The van der Waals surface area contributed by atoms with Crippen LogP contribution in [0.1, 0.15) is 50.3 Å². The molecule has 2 amide bonds. The minimum absolute atomic E-state index is 0.0701. The first-order chi connectivity index (χ1) is 15.2. The van der Waals surface area contributed by atoms with E-state index < -0.39 is 0 Å². The van der Waals surface area contributed by atoms with Crippen molar-refractivity contribution in [2.24, 2.45) is 5.92 Å². The number of rotatable bonds is 5. The topological polar surface area (TPSA) is 49.9 Å². The van der Waals surface area contributed by atoms with Gasteiger partial charge in [0.15, 0.2) is 0 Å². The van der Waals surface area contributed by atoms with Crippen molar-refractivity contribution in [1.82, 2.24) is 4.90 Å². The van der Waals surface area contributed by atoms with Crippen LogP contribution < -0.4 is 9.64 Å². The van der Waals surface area contributed by atoms with Crippen molar-refractivity contribution in [3.63, 3.8) is 0 Å². The zero-order valence-corrected chi connectivity index (χ0v) is 19.6. The number of carbonyl (C=O) groups excluding carboxylic acids is 2. The van der Waals surface area contributed by atoms with Crippen LogP contribution in [0.2, 0.25) is 0 Å². The predicted molar refractivity (Wildman–Crippen MR) is 128 cm³/mol. The first kappa shape index (κ1) is 22.1. The molecule has 0 radical (unpaired) electrons. The Balaban J connectivity index is 1.77. The minimum Gasteiger partial charge on any atom is -0.491 e. The fourth-order valence-electron chi connectivity index (χ4n) is 4.59. The summed E-state index contributed by atoms with van der Waals surface area (Å²) in [5.74, 6) is 0.893. The van der Waals surface area contributed by atoms with E-state index in [-0.39, 0.29) is 17.9 Å². The van der Waals surface area contributed by atoms with Crippen molar-refractivity contribution in [2.45, 2.75) is 53.6 Å². The number of hydrogen-bond acceptors (Lipinski definition) is 4. The number of hydrogen-bond donors (Lipinski definition) is 0. The third-order valence-electron chi connectivity index (χ3n) is 6.14. The van der Waals surface area contributed by atoms with Gasteiger partial charge in [-0.15, -0.1) is 0 Å². The highest BCUT2D eigenvalue weighted by atomic mass is 16.5. The molecule has 1 saturated heterocycles. The van der Waals surface area contributed by atoms with Crippen LogP contribution in [-0.4, -0.2) is 35.9 Å². The largest absolute Gasteiger partial charge is 0.491 e. The van der Waals surface area contributed by atoms with Gasteiger partial charge in [0, 0.05) is 13.1 Å². The molecule has 168 valence electrons. The normalized spacial score (nSPS) is 17.7. The Labute approximate surface area is 190 Å². The van der Waals surface area contributed by atoms with Crippen LogP contribution >= 0.6 is 0 Å². The van der Waals surface area contributed by atoms with E-state index in [0.717, 1.165) is 48.4 Å². The summed E-state index contributed by atoms with van der Waals surface area (Å²) in [4.78, 5) is 30.9. The zero-order valence-electron chi connectivity index (χ0n) is 19.6. The number of piperidine rings is 1. The Morgan fingerprint density at radius 3 is 2.06 bits per heavy atom. The summed E-state index contributed by atoms with van der Waals surface area (Å²) < 4.78 is 5.76. The molecule has 5 heteroatoms. The standard InChI is InChI=1S/C27H32N2O3/c1-17(2)32-23-8-6-21(7-9-23)24-25(28-12-10-18(3)11-13-28)27(31)29(26(24)30)22-15-19(4)14-20(5)16-22/h6-9,14-18H,10-13H2,1-5H3. The van der Waals surface area contributed by atoms with Crippen molar-refractivity contribution in [2.75, 3.05) is 18.0 Å². The molecule has 2 aromatic rings. The molecule has 0 saturated carbocycles. The van der Waals surface area contributed by atoms with E-state index in [0.29, 0.717) is 22.9 Å². The maximum atomic E-state index is 13.7. The van der Waals surface area contributed by atoms with Gasteiger partial charge in [-0.1, -0.05) is 25.1 Å². The molecule has 2 aromatic carbocycles. The maximum Gasteiger partial charge on any atom is 0.282 e. The van der Waals surface area contributed by atoms with Gasteiger partial charge in [-0.3, -0.25) is 9.59 Å². The molecule has 0 N–H and O–H groups in total. The van der Waals surface area contributed by atoms with Gasteiger partial charge in [-0.05, 0) is 87.4 Å². The number of amides is 2. The molecule has 0 spiro atoms. The molecule has 0 aromatic heterocycles. The lowest BCUT2D eigenvalue weighted by molar-refractivity contribution is -0.120. The van der Waals surface area contributed by atoms with Gasteiger partial charge in [0.2, 0.25) is 0 Å². The maximum absolute atomic E-state index is 13.7. The fraction of sp³-hybridized carbons (Fsp3) is 0.407. The Kier molecular flexibility index (Phi) is 6.09. The molecule has 1 fully saturated rings. The number of aryl methyl sites for hydroxylation is 2. The van der Waals surface area contributed by atoms with Gasteiger partial charge in [-0.25, -0.2) is 4.90 Å². The van der Waals surface area contributed by atoms with Crippen LogP contribution in [0.15, 0.2) is 48.2 Å². The first-order valence-corrected chi connectivity index (χ1v) is 11.5. The van der Waals surface area contributed by atoms with Crippen LogP contribution in [0.5, 0.6) is 5.75 Å². The predicted octanol–water partition coefficient (Wildman–Crippen LogP) is 5.11. The summed E-state index contributed by atoms with van der Waals surface area (Å²) in [6.07, 6.45) is 2.10. The Hall–Kier alpha value is -3.08. The highest BCUT2D eigenvalue weighted by molar-refractivity contribution is 6.45. The molecule has 4 rings (SSSR count). The lowest BCUT2D eigenvalue weighted by Gasteiger charge is -2.32. The van der Waals surface area contributed by atoms with E-state index >= 15 is 0 Å². The highest BCUT2D eigenvalue weighted by Gasteiger charge is 2.43. The average Bonchev–Trinajstić information content (AvgIpc) is 2.98. The number of ether oxygens (including phenoxy) is 1. The molecule has 0 aliphatic carbocycles. The Morgan fingerprint density at radius 2 is 1.50 bits per heavy atom. The molecular formula is C27H32N2O3. The van der Waals surface area contributed by atoms with Crippen LogP contribution in [0, 0.1) is 19.8 Å². The summed E-state index contributed by atoms with van der Waals surface area (Å²) >= 11 is 0. The summed E-state index contributed by atoms with van der Waals surface area (Å²) in [5.41, 5.74) is 4.45. The molecule has 2 aliphatic rings. The van der Waals surface area contributed by atoms with Crippen LogP contribution in [0.4, 0.5) is 5.69 Å². The molecule has 0 bridgehead atoms. The van der Waals surface area contributed by atoms with Gasteiger partial charge in [0.05, 0.1) is 17.4 Å². The number of anilines is 1. The number of likely N-dealkylation sites (tertiary alicyclic amines) is 1. The molecule has 32 heavy (non-hydrogen) atoms. The van der Waals surface area contributed by atoms with E-state index in [1.165, 1.54) is 4.90 Å². The van der Waals surface area contributed by atoms with Crippen molar-refractivity contribution in [3.8, 4) is 5.75 Å². The van der Waals surface area contributed by atoms with Crippen LogP contribution in [0.25, 0.3) is 5.57 Å². The highest BCUT2D eigenvalue weighted by Crippen LogP contribution is 2.37. The minimum atomic E-state index is -0.258. The number of nitrogens with zero attached hydrogens (tertiary/aromatic N) is 2. The van der Waals surface area contributed by atoms with Crippen LogP contribution in [-0.2, 0) is 9.59 Å². The van der Waals surface area contributed by atoms with Crippen molar-refractivity contribution in [1.29, 1.82) is 0 Å². The number of imide groups is 1. The van der Waals surface area contributed by atoms with Crippen LogP contribution in [0.3, 0.4) is 0 Å². The molecule has 0 unspecified atom stereocenters. The first-order valence-electron chi connectivity index (χ1n) is 11.5. The van der Waals surface area contributed by atoms with E-state index in [1.54, 1.807) is 0 Å². The Morgan fingerprint density at radius 1 is 0.906 bits per heavy atom. The second-order valence-electron chi connectivity index (χ2n) is 9.38. The molecule has 2 heterocycles.